The third-order valence-electron chi connectivity index (χ3n) is 2.72. The van der Waals surface area contributed by atoms with Crippen molar-refractivity contribution in [3.8, 4) is 0 Å². The molecule has 1 atom stereocenters. The molecule has 0 saturated carbocycles. The zero-order valence-corrected chi connectivity index (χ0v) is 11.7. The van der Waals surface area contributed by atoms with Crippen LogP contribution >= 0.6 is 23.4 Å². The molecule has 2 rings (SSSR count). The molecule has 0 radical (unpaired) electrons. The highest BCUT2D eigenvalue weighted by atomic mass is 35.5. The third-order valence-corrected chi connectivity index (χ3v) is 4.33. The van der Waals surface area contributed by atoms with E-state index in [1.165, 1.54) is 0 Å². The quantitative estimate of drug-likeness (QED) is 0.855. The van der Waals surface area contributed by atoms with Crippen molar-refractivity contribution >= 4 is 23.4 Å². The highest BCUT2D eigenvalue weighted by Gasteiger charge is 2.11. The van der Waals surface area contributed by atoms with Crippen molar-refractivity contribution in [2.24, 2.45) is 0 Å². The van der Waals surface area contributed by atoms with Crippen LogP contribution in [0.15, 0.2) is 58.3 Å². The van der Waals surface area contributed by atoms with E-state index in [-0.39, 0.29) is 0 Å². The van der Waals surface area contributed by atoms with Crippen molar-refractivity contribution in [1.29, 1.82) is 0 Å². The van der Waals surface area contributed by atoms with E-state index < -0.39 is 6.10 Å². The van der Waals surface area contributed by atoms with E-state index >= 15 is 0 Å². The molecule has 3 heteroatoms. The zero-order chi connectivity index (χ0) is 13.0. The van der Waals surface area contributed by atoms with Crippen molar-refractivity contribution in [3.63, 3.8) is 0 Å². The molecule has 2 aromatic rings. The summed E-state index contributed by atoms with van der Waals surface area (Å²) in [7, 11) is 0. The second-order valence-corrected chi connectivity index (χ2v) is 5.49. The minimum Gasteiger partial charge on any atom is -0.388 e. The standard InChI is InChI=1S/C15H15ClOS/c1-2-13(17)11-7-3-5-9-14(11)18-15-10-6-4-8-12(15)16/h3-10,13,17H,2H2,1H3/t13-/m1/s1. The first-order chi connectivity index (χ1) is 8.72. The Morgan fingerprint density at radius 1 is 1.06 bits per heavy atom. The summed E-state index contributed by atoms with van der Waals surface area (Å²) in [6.07, 6.45) is 0.288. The maximum atomic E-state index is 10.0. The smallest absolute Gasteiger partial charge is 0.0798 e. The highest BCUT2D eigenvalue weighted by Crippen LogP contribution is 2.37. The number of hydrogen-bond acceptors (Lipinski definition) is 2. The molecule has 1 nitrogen and oxygen atoms in total. The Morgan fingerprint density at radius 3 is 2.33 bits per heavy atom. The Kier molecular flexibility index (Phi) is 4.70. The van der Waals surface area contributed by atoms with Gasteiger partial charge in [-0.1, -0.05) is 60.6 Å². The highest BCUT2D eigenvalue weighted by molar-refractivity contribution is 7.99. The van der Waals surface area contributed by atoms with Crippen molar-refractivity contribution in [2.75, 3.05) is 0 Å². The van der Waals surface area contributed by atoms with E-state index in [4.69, 9.17) is 11.6 Å². The molecule has 0 unspecified atom stereocenters. The molecule has 0 fully saturated rings. The molecular formula is C15H15ClOS. The van der Waals surface area contributed by atoms with Crippen LogP contribution in [0.3, 0.4) is 0 Å². The summed E-state index contributed by atoms with van der Waals surface area (Å²) < 4.78 is 0. The van der Waals surface area contributed by atoms with E-state index in [0.29, 0.717) is 6.42 Å². The summed E-state index contributed by atoms with van der Waals surface area (Å²) in [5, 5.41) is 10.8. The minimum atomic E-state index is -0.420. The lowest BCUT2D eigenvalue weighted by atomic mass is 10.1. The number of aliphatic hydroxyl groups excluding tert-OH is 1. The van der Waals surface area contributed by atoms with E-state index in [9.17, 15) is 5.11 Å². The zero-order valence-electron chi connectivity index (χ0n) is 10.1. The van der Waals surface area contributed by atoms with Gasteiger partial charge in [0.25, 0.3) is 0 Å². The lowest BCUT2D eigenvalue weighted by Crippen LogP contribution is -1.97. The van der Waals surface area contributed by atoms with Gasteiger partial charge in [0, 0.05) is 9.79 Å². The molecule has 0 saturated heterocycles. The van der Waals surface area contributed by atoms with Gasteiger partial charge in [0.2, 0.25) is 0 Å². The second kappa shape index (κ2) is 6.28. The molecule has 0 aliphatic carbocycles. The number of halogens is 1. The van der Waals surface area contributed by atoms with Gasteiger partial charge in [0.15, 0.2) is 0 Å². The van der Waals surface area contributed by atoms with Gasteiger partial charge in [0.05, 0.1) is 11.1 Å². The van der Waals surface area contributed by atoms with Crippen molar-refractivity contribution < 1.29 is 5.11 Å². The predicted octanol–water partition coefficient (Wildman–Crippen LogP) is 4.93. The molecule has 0 spiro atoms. The molecule has 1 N–H and O–H groups in total. The summed E-state index contributed by atoms with van der Waals surface area (Å²) in [5.41, 5.74) is 0.963. The Hall–Kier alpha value is -0.960. The summed E-state index contributed by atoms with van der Waals surface area (Å²) in [4.78, 5) is 2.06. The average molecular weight is 279 g/mol. The fourth-order valence-corrected chi connectivity index (χ4v) is 2.98. The SMILES string of the molecule is CC[C@@H](O)c1ccccc1Sc1ccccc1Cl. The molecule has 0 heterocycles. The maximum Gasteiger partial charge on any atom is 0.0798 e. The van der Waals surface area contributed by atoms with Gasteiger partial charge < -0.3 is 5.11 Å². The lowest BCUT2D eigenvalue weighted by molar-refractivity contribution is 0.171. The molecule has 2 aromatic carbocycles. The summed E-state index contributed by atoms with van der Waals surface area (Å²) in [6.45, 7) is 1.97. The van der Waals surface area contributed by atoms with E-state index in [2.05, 4.69) is 0 Å². The molecule has 0 bridgehead atoms. The van der Waals surface area contributed by atoms with Crippen LogP contribution in [-0.2, 0) is 0 Å². The number of aliphatic hydroxyl groups is 1. The van der Waals surface area contributed by atoms with Crippen LogP contribution in [-0.4, -0.2) is 5.11 Å². The molecule has 0 aliphatic rings. The minimum absolute atomic E-state index is 0.420. The molecule has 94 valence electrons. The number of hydrogen-bond donors (Lipinski definition) is 1. The van der Waals surface area contributed by atoms with E-state index in [0.717, 1.165) is 20.4 Å². The van der Waals surface area contributed by atoms with Gasteiger partial charge in [-0.25, -0.2) is 0 Å². The van der Waals surface area contributed by atoms with E-state index in [1.807, 2.05) is 55.5 Å². The summed E-state index contributed by atoms with van der Waals surface area (Å²) >= 11 is 7.75. The molecular weight excluding hydrogens is 264 g/mol. The first-order valence-corrected chi connectivity index (χ1v) is 7.11. The predicted molar refractivity (Wildman–Crippen MR) is 77.3 cm³/mol. The van der Waals surface area contributed by atoms with Crippen LogP contribution in [0.1, 0.15) is 25.0 Å². The molecule has 0 amide bonds. The Morgan fingerprint density at radius 2 is 1.67 bits per heavy atom. The first-order valence-electron chi connectivity index (χ1n) is 5.91. The van der Waals surface area contributed by atoms with Crippen LogP contribution in [0, 0.1) is 0 Å². The summed E-state index contributed by atoms with van der Waals surface area (Å²) in [5.74, 6) is 0. The Labute approximate surface area is 117 Å². The molecule has 18 heavy (non-hydrogen) atoms. The van der Waals surface area contributed by atoms with Gasteiger partial charge >= 0.3 is 0 Å². The maximum absolute atomic E-state index is 10.0. The molecule has 0 aromatic heterocycles. The number of benzene rings is 2. The monoisotopic (exact) mass is 278 g/mol. The van der Waals surface area contributed by atoms with Crippen LogP contribution in [0.25, 0.3) is 0 Å². The Balaban J connectivity index is 2.32. The Bertz CT molecular complexity index is 527. The van der Waals surface area contributed by atoms with Gasteiger partial charge in [-0.3, -0.25) is 0 Å². The van der Waals surface area contributed by atoms with Crippen LogP contribution in [0.2, 0.25) is 5.02 Å². The topological polar surface area (TPSA) is 20.2 Å². The van der Waals surface area contributed by atoms with Crippen LogP contribution in [0.5, 0.6) is 0 Å². The largest absolute Gasteiger partial charge is 0.388 e. The van der Waals surface area contributed by atoms with Crippen LogP contribution < -0.4 is 0 Å². The normalized spacial score (nSPS) is 12.4. The van der Waals surface area contributed by atoms with Crippen LogP contribution in [0.4, 0.5) is 0 Å². The lowest BCUT2D eigenvalue weighted by Gasteiger charge is -2.13. The van der Waals surface area contributed by atoms with Gasteiger partial charge in [0.1, 0.15) is 0 Å². The van der Waals surface area contributed by atoms with E-state index in [1.54, 1.807) is 11.8 Å². The second-order valence-electron chi connectivity index (χ2n) is 3.99. The van der Waals surface area contributed by atoms with Gasteiger partial charge in [-0.05, 0) is 30.2 Å². The third kappa shape index (κ3) is 3.08. The summed E-state index contributed by atoms with van der Waals surface area (Å²) in [6, 6.07) is 15.7. The van der Waals surface area contributed by atoms with Crippen molar-refractivity contribution in [1.82, 2.24) is 0 Å². The van der Waals surface area contributed by atoms with Gasteiger partial charge in [-0.15, -0.1) is 0 Å². The number of rotatable bonds is 4. The first kappa shape index (κ1) is 13.5. The molecule has 0 aliphatic heterocycles. The van der Waals surface area contributed by atoms with Crippen molar-refractivity contribution in [2.45, 2.75) is 29.2 Å². The average Bonchev–Trinajstić information content (AvgIpc) is 2.41. The van der Waals surface area contributed by atoms with Gasteiger partial charge in [-0.2, -0.15) is 0 Å². The van der Waals surface area contributed by atoms with Crippen molar-refractivity contribution in [3.05, 3.63) is 59.1 Å². The fraction of sp³-hybridized carbons (Fsp3) is 0.200. The fourth-order valence-electron chi connectivity index (χ4n) is 1.71.